The second-order valence-corrected chi connectivity index (χ2v) is 2.21. The predicted molar refractivity (Wildman–Crippen MR) is 26.2 cm³/mol. The van der Waals surface area contributed by atoms with E-state index in [2.05, 4.69) is 9.47 Å². The fraction of sp³-hybridized carbons (Fsp3) is 0.600. The van der Waals surface area contributed by atoms with Gasteiger partial charge in [0.05, 0.1) is 0 Å². The molecule has 0 saturated carbocycles. The van der Waals surface area contributed by atoms with Crippen LogP contribution in [0.4, 0.5) is 30.7 Å². The molecule has 0 bridgehead atoms. The lowest BCUT2D eigenvalue weighted by molar-refractivity contribution is -0.325. The molecule has 9 heteroatoms. The van der Waals surface area contributed by atoms with E-state index in [1.54, 1.807) is 0 Å². The van der Waals surface area contributed by atoms with Crippen LogP contribution in [0.3, 0.4) is 0 Å². The first-order valence-electron chi connectivity index (χ1n) is 2.99. The van der Waals surface area contributed by atoms with E-state index in [9.17, 15) is 30.7 Å². The Balaban J connectivity index is 3.07. The van der Waals surface area contributed by atoms with Crippen molar-refractivity contribution in [1.82, 2.24) is 0 Å². The molecule has 1 fully saturated rings. The van der Waals surface area contributed by atoms with E-state index in [0.29, 0.717) is 0 Å². The summed E-state index contributed by atoms with van der Waals surface area (Å²) in [6.45, 7) is 0. The molecule has 1 aliphatic heterocycles. The minimum Gasteiger partial charge on any atom is -0.410 e. The molecule has 0 aliphatic carbocycles. The van der Waals surface area contributed by atoms with Crippen molar-refractivity contribution in [2.45, 2.75) is 18.4 Å². The number of hydrogen-bond donors (Lipinski definition) is 0. The molecule has 0 aromatic heterocycles. The van der Waals surface area contributed by atoms with Crippen LogP contribution < -0.4 is 0 Å². The van der Waals surface area contributed by atoms with Gasteiger partial charge in [0, 0.05) is 0 Å². The summed E-state index contributed by atoms with van der Waals surface area (Å²) in [6, 6.07) is 0. The predicted octanol–water partition coefficient (Wildman–Crippen LogP) is 2.62. The smallest absolute Gasteiger partial charge is 0.410 e. The molecule has 1 aliphatic rings. The van der Waals surface area contributed by atoms with E-state index < -0.39 is 30.4 Å². The first kappa shape index (κ1) is 10.9. The van der Waals surface area contributed by atoms with Crippen molar-refractivity contribution in [3.63, 3.8) is 0 Å². The Morgan fingerprint density at radius 1 is 1.07 bits per heavy atom. The van der Waals surface area contributed by atoms with Crippen LogP contribution in [0, 0.1) is 0 Å². The van der Waals surface area contributed by atoms with Crippen molar-refractivity contribution in [3.05, 3.63) is 12.0 Å². The lowest BCUT2D eigenvalue weighted by Gasteiger charge is -2.19. The molecule has 1 saturated heterocycles. The highest BCUT2D eigenvalue weighted by Crippen LogP contribution is 2.48. The maximum absolute atomic E-state index is 12.6. The molecular formula is C5HF7O2. The maximum Gasteiger partial charge on any atom is 0.480 e. The summed E-state index contributed by atoms with van der Waals surface area (Å²) in [5.74, 6) is -7.12. The zero-order valence-electron chi connectivity index (χ0n) is 6.04. The molecule has 0 spiro atoms. The minimum atomic E-state index is -5.15. The van der Waals surface area contributed by atoms with Crippen LogP contribution in [0.5, 0.6) is 0 Å². The summed E-state index contributed by atoms with van der Waals surface area (Å²) in [6.07, 6.45) is -12.4. The zero-order valence-corrected chi connectivity index (χ0v) is 6.04. The van der Waals surface area contributed by atoms with Crippen molar-refractivity contribution >= 4 is 0 Å². The Hall–Kier alpha value is -1.15. The van der Waals surface area contributed by atoms with Gasteiger partial charge in [-0.25, -0.2) is 8.78 Å². The minimum absolute atomic E-state index is 2.24. The summed E-state index contributed by atoms with van der Waals surface area (Å²) in [4.78, 5) is 0. The van der Waals surface area contributed by atoms with E-state index in [1.165, 1.54) is 0 Å². The summed E-state index contributed by atoms with van der Waals surface area (Å²) >= 11 is 0. The molecule has 0 amide bonds. The van der Waals surface area contributed by atoms with Crippen LogP contribution in [0.25, 0.3) is 0 Å². The van der Waals surface area contributed by atoms with Crippen molar-refractivity contribution < 1.29 is 40.2 Å². The van der Waals surface area contributed by atoms with E-state index in [4.69, 9.17) is 0 Å². The molecule has 0 radical (unpaired) electrons. The van der Waals surface area contributed by atoms with Crippen LogP contribution in [0.15, 0.2) is 12.0 Å². The van der Waals surface area contributed by atoms with Gasteiger partial charge in [-0.3, -0.25) is 0 Å². The molecular weight excluding hydrogens is 225 g/mol. The molecule has 0 N–H and O–H groups in total. The lowest BCUT2D eigenvalue weighted by Crippen LogP contribution is -2.47. The SMILES string of the molecule is FC(F)=C1OC(F)(F)C(F)(C(F)F)O1. The number of rotatable bonds is 1. The number of halogens is 7. The van der Waals surface area contributed by atoms with Crippen LogP contribution >= 0.6 is 0 Å². The first-order chi connectivity index (χ1) is 6.21. The summed E-state index contributed by atoms with van der Waals surface area (Å²) < 4.78 is 89.7. The molecule has 82 valence electrons. The molecule has 1 atom stereocenters. The largest absolute Gasteiger partial charge is 0.480 e. The molecule has 2 nitrogen and oxygen atoms in total. The fourth-order valence-corrected chi connectivity index (χ4v) is 0.650. The van der Waals surface area contributed by atoms with Crippen LogP contribution in [0.2, 0.25) is 0 Å². The Labute approximate surface area is 71.9 Å². The Kier molecular flexibility index (Phi) is 2.28. The quantitative estimate of drug-likeness (QED) is 0.640. The van der Waals surface area contributed by atoms with Crippen molar-refractivity contribution in [3.8, 4) is 0 Å². The zero-order chi connectivity index (χ0) is 11.1. The van der Waals surface area contributed by atoms with Gasteiger partial charge >= 0.3 is 30.4 Å². The summed E-state index contributed by atoms with van der Waals surface area (Å²) in [5, 5.41) is 0. The average Bonchev–Trinajstić information content (AvgIpc) is 2.24. The Bertz CT molecular complexity index is 271. The van der Waals surface area contributed by atoms with E-state index in [0.717, 1.165) is 0 Å². The average molecular weight is 226 g/mol. The number of hydrogen-bond acceptors (Lipinski definition) is 2. The highest BCUT2D eigenvalue weighted by atomic mass is 19.3. The third kappa shape index (κ3) is 1.36. The second-order valence-electron chi connectivity index (χ2n) is 2.21. The molecule has 0 aromatic rings. The van der Waals surface area contributed by atoms with Gasteiger partial charge in [-0.2, -0.15) is 22.0 Å². The van der Waals surface area contributed by atoms with Gasteiger partial charge in [-0.05, 0) is 0 Å². The van der Waals surface area contributed by atoms with E-state index in [1.807, 2.05) is 0 Å². The van der Waals surface area contributed by atoms with Gasteiger partial charge in [0.15, 0.2) is 0 Å². The van der Waals surface area contributed by atoms with Crippen molar-refractivity contribution in [1.29, 1.82) is 0 Å². The summed E-state index contributed by atoms with van der Waals surface area (Å²) in [5.41, 5.74) is 0. The number of ether oxygens (including phenoxy) is 2. The van der Waals surface area contributed by atoms with Crippen LogP contribution in [-0.4, -0.2) is 18.4 Å². The molecule has 1 rings (SSSR count). The lowest BCUT2D eigenvalue weighted by atomic mass is 10.3. The third-order valence-corrected chi connectivity index (χ3v) is 1.29. The van der Waals surface area contributed by atoms with Gasteiger partial charge in [0.2, 0.25) is 0 Å². The molecule has 14 heavy (non-hydrogen) atoms. The van der Waals surface area contributed by atoms with Gasteiger partial charge in [-0.15, -0.1) is 0 Å². The van der Waals surface area contributed by atoms with Gasteiger partial charge in [0.25, 0.3) is 0 Å². The van der Waals surface area contributed by atoms with Crippen molar-refractivity contribution in [2.24, 2.45) is 0 Å². The fourth-order valence-electron chi connectivity index (χ4n) is 0.650. The van der Waals surface area contributed by atoms with E-state index in [-0.39, 0.29) is 0 Å². The Morgan fingerprint density at radius 3 is 1.79 bits per heavy atom. The standard InChI is InChI=1S/C5HF7O2/c6-1(7)2-13-4(10,3(8)9)5(11,12)14-2/h3H. The second kappa shape index (κ2) is 2.92. The molecule has 0 aromatic carbocycles. The highest BCUT2D eigenvalue weighted by molar-refractivity contribution is 4.99. The van der Waals surface area contributed by atoms with Crippen molar-refractivity contribution in [2.75, 3.05) is 0 Å². The normalized spacial score (nSPS) is 30.1. The van der Waals surface area contributed by atoms with E-state index >= 15 is 0 Å². The van der Waals surface area contributed by atoms with Gasteiger partial charge in [-0.1, -0.05) is 0 Å². The third-order valence-electron chi connectivity index (χ3n) is 1.29. The molecule has 1 unspecified atom stereocenters. The molecule has 1 heterocycles. The Morgan fingerprint density at radius 2 is 1.57 bits per heavy atom. The highest BCUT2D eigenvalue weighted by Gasteiger charge is 2.73. The van der Waals surface area contributed by atoms with Gasteiger partial charge < -0.3 is 9.47 Å². The summed E-state index contributed by atoms with van der Waals surface area (Å²) in [7, 11) is 0. The first-order valence-corrected chi connectivity index (χ1v) is 2.99. The number of alkyl halides is 5. The maximum atomic E-state index is 12.6. The topological polar surface area (TPSA) is 18.5 Å². The monoisotopic (exact) mass is 226 g/mol. The van der Waals surface area contributed by atoms with Gasteiger partial charge in [0.1, 0.15) is 0 Å². The van der Waals surface area contributed by atoms with Crippen LogP contribution in [-0.2, 0) is 9.47 Å². The van der Waals surface area contributed by atoms with Crippen LogP contribution in [0.1, 0.15) is 0 Å².